The van der Waals surface area contributed by atoms with Crippen LogP contribution in [-0.2, 0) is 10.0 Å². The van der Waals surface area contributed by atoms with E-state index < -0.39 is 10.0 Å². The smallest absolute Gasteiger partial charge is 0.254 e. The van der Waals surface area contributed by atoms with Crippen LogP contribution in [0, 0.1) is 6.92 Å². The standard InChI is InChI=1S/C13H20N2O3S/c1-4-8-15(5-2)13(16)12-7-6-11(9-10(12)3)19(14,17)18/h6-7,9H,4-5,8H2,1-3H3,(H2,14,17,18). The van der Waals surface area contributed by atoms with E-state index in [2.05, 4.69) is 0 Å². The van der Waals surface area contributed by atoms with Crippen molar-refractivity contribution < 1.29 is 13.2 Å². The lowest BCUT2D eigenvalue weighted by molar-refractivity contribution is 0.0763. The summed E-state index contributed by atoms with van der Waals surface area (Å²) in [5.41, 5.74) is 1.13. The van der Waals surface area contributed by atoms with Crippen molar-refractivity contribution in [2.75, 3.05) is 13.1 Å². The maximum Gasteiger partial charge on any atom is 0.254 e. The molecule has 0 spiro atoms. The molecule has 2 N–H and O–H groups in total. The van der Waals surface area contributed by atoms with Gasteiger partial charge in [-0.05, 0) is 44.0 Å². The second kappa shape index (κ2) is 6.16. The molecule has 0 aliphatic carbocycles. The molecule has 0 heterocycles. The molecule has 0 aromatic heterocycles. The molecule has 0 atom stereocenters. The molecule has 6 heteroatoms. The quantitative estimate of drug-likeness (QED) is 0.890. The molecule has 5 nitrogen and oxygen atoms in total. The molecule has 0 fully saturated rings. The highest BCUT2D eigenvalue weighted by Crippen LogP contribution is 2.16. The van der Waals surface area contributed by atoms with Gasteiger partial charge in [0, 0.05) is 18.7 Å². The number of carbonyl (C=O) groups is 1. The first kappa shape index (κ1) is 15.7. The van der Waals surface area contributed by atoms with Crippen LogP contribution in [0.4, 0.5) is 0 Å². The highest BCUT2D eigenvalue weighted by Gasteiger charge is 2.17. The lowest BCUT2D eigenvalue weighted by Gasteiger charge is -2.21. The fourth-order valence-corrected chi connectivity index (χ4v) is 2.50. The molecule has 1 rings (SSSR count). The Morgan fingerprint density at radius 2 is 1.95 bits per heavy atom. The molecule has 0 saturated heterocycles. The van der Waals surface area contributed by atoms with E-state index in [1.54, 1.807) is 11.8 Å². The van der Waals surface area contributed by atoms with E-state index in [9.17, 15) is 13.2 Å². The molecule has 106 valence electrons. The number of amides is 1. The SMILES string of the molecule is CCCN(CC)C(=O)c1ccc(S(N)(=O)=O)cc1C. The number of nitrogens with two attached hydrogens (primary N) is 1. The van der Waals surface area contributed by atoms with Crippen molar-refractivity contribution in [1.29, 1.82) is 0 Å². The van der Waals surface area contributed by atoms with Gasteiger partial charge in [-0.3, -0.25) is 4.79 Å². The van der Waals surface area contributed by atoms with E-state index in [-0.39, 0.29) is 10.8 Å². The van der Waals surface area contributed by atoms with Crippen LogP contribution in [0.2, 0.25) is 0 Å². The molecule has 1 aromatic rings. The molecule has 0 unspecified atom stereocenters. The van der Waals surface area contributed by atoms with Crippen molar-refractivity contribution in [2.45, 2.75) is 32.1 Å². The minimum atomic E-state index is -3.73. The topological polar surface area (TPSA) is 80.5 Å². The lowest BCUT2D eigenvalue weighted by atomic mass is 10.1. The van der Waals surface area contributed by atoms with Crippen molar-refractivity contribution in [3.63, 3.8) is 0 Å². The second-order valence-corrected chi connectivity index (χ2v) is 5.97. The summed E-state index contributed by atoms with van der Waals surface area (Å²) in [4.78, 5) is 14.1. The van der Waals surface area contributed by atoms with Crippen LogP contribution < -0.4 is 5.14 Å². The Bertz CT molecular complexity index is 567. The second-order valence-electron chi connectivity index (χ2n) is 4.41. The third-order valence-corrected chi connectivity index (χ3v) is 3.83. The first-order valence-corrected chi connectivity index (χ1v) is 7.78. The van der Waals surface area contributed by atoms with Crippen molar-refractivity contribution >= 4 is 15.9 Å². The lowest BCUT2D eigenvalue weighted by Crippen LogP contribution is -2.32. The largest absolute Gasteiger partial charge is 0.339 e. The number of rotatable bonds is 5. The van der Waals surface area contributed by atoms with E-state index in [4.69, 9.17) is 5.14 Å². The molecule has 1 amide bonds. The number of aryl methyl sites for hydroxylation is 1. The predicted octanol–water partition coefficient (Wildman–Crippen LogP) is 1.51. The van der Waals surface area contributed by atoms with E-state index in [0.717, 1.165) is 6.42 Å². The summed E-state index contributed by atoms with van der Waals surface area (Å²) in [5, 5.41) is 5.06. The Hall–Kier alpha value is -1.40. The summed E-state index contributed by atoms with van der Waals surface area (Å²) in [5.74, 6) is -0.0807. The molecule has 0 bridgehead atoms. The predicted molar refractivity (Wildman–Crippen MR) is 74.4 cm³/mol. The van der Waals surface area contributed by atoms with Gasteiger partial charge in [-0.2, -0.15) is 0 Å². The van der Waals surface area contributed by atoms with Gasteiger partial charge >= 0.3 is 0 Å². The summed E-state index contributed by atoms with van der Waals surface area (Å²) < 4.78 is 22.5. The van der Waals surface area contributed by atoms with Gasteiger partial charge in [-0.25, -0.2) is 13.6 Å². The van der Waals surface area contributed by atoms with Crippen LogP contribution in [0.3, 0.4) is 0 Å². The van der Waals surface area contributed by atoms with E-state index >= 15 is 0 Å². The normalized spacial score (nSPS) is 11.4. The number of hydrogen-bond acceptors (Lipinski definition) is 3. The van der Waals surface area contributed by atoms with Crippen LogP contribution in [0.1, 0.15) is 36.2 Å². The van der Waals surface area contributed by atoms with Crippen LogP contribution in [-0.4, -0.2) is 32.3 Å². The summed E-state index contributed by atoms with van der Waals surface area (Å²) in [6.07, 6.45) is 0.883. The average Bonchev–Trinajstić information content (AvgIpc) is 2.34. The van der Waals surface area contributed by atoms with E-state index in [1.807, 2.05) is 13.8 Å². The van der Waals surface area contributed by atoms with Gasteiger partial charge in [-0.1, -0.05) is 6.92 Å². The number of sulfonamides is 1. The zero-order chi connectivity index (χ0) is 14.6. The minimum Gasteiger partial charge on any atom is -0.339 e. The molecular formula is C13H20N2O3S. The first-order chi connectivity index (χ1) is 8.81. The maximum absolute atomic E-state index is 12.3. The first-order valence-electron chi connectivity index (χ1n) is 6.24. The fourth-order valence-electron chi connectivity index (χ4n) is 1.90. The van der Waals surface area contributed by atoms with Crippen LogP contribution in [0.25, 0.3) is 0 Å². The Morgan fingerprint density at radius 3 is 2.37 bits per heavy atom. The van der Waals surface area contributed by atoms with Crippen molar-refractivity contribution in [1.82, 2.24) is 4.90 Å². The average molecular weight is 284 g/mol. The molecule has 19 heavy (non-hydrogen) atoms. The Morgan fingerprint density at radius 1 is 1.32 bits per heavy atom. The summed E-state index contributed by atoms with van der Waals surface area (Å²) >= 11 is 0. The van der Waals surface area contributed by atoms with Gasteiger partial charge in [0.25, 0.3) is 5.91 Å². The van der Waals surface area contributed by atoms with Gasteiger partial charge in [-0.15, -0.1) is 0 Å². The van der Waals surface area contributed by atoms with Gasteiger partial charge < -0.3 is 4.90 Å². The highest BCUT2D eigenvalue weighted by atomic mass is 32.2. The van der Waals surface area contributed by atoms with Gasteiger partial charge in [0.05, 0.1) is 4.90 Å². The zero-order valence-corrected chi connectivity index (χ0v) is 12.3. The number of nitrogens with zero attached hydrogens (tertiary/aromatic N) is 1. The van der Waals surface area contributed by atoms with Gasteiger partial charge in [0.1, 0.15) is 0 Å². The number of hydrogen-bond donors (Lipinski definition) is 1. The zero-order valence-electron chi connectivity index (χ0n) is 11.5. The Kier molecular flexibility index (Phi) is 5.08. The number of benzene rings is 1. The van der Waals surface area contributed by atoms with Crippen LogP contribution >= 0.6 is 0 Å². The minimum absolute atomic E-state index is 0.0279. The Labute approximate surface area is 114 Å². The van der Waals surface area contributed by atoms with Crippen molar-refractivity contribution in [3.8, 4) is 0 Å². The van der Waals surface area contributed by atoms with Crippen molar-refractivity contribution in [2.24, 2.45) is 5.14 Å². The van der Waals surface area contributed by atoms with Crippen LogP contribution in [0.15, 0.2) is 23.1 Å². The van der Waals surface area contributed by atoms with E-state index in [0.29, 0.717) is 24.2 Å². The molecule has 0 saturated carbocycles. The Balaban J connectivity index is 3.12. The monoisotopic (exact) mass is 284 g/mol. The maximum atomic E-state index is 12.3. The number of primary sulfonamides is 1. The fraction of sp³-hybridized carbons (Fsp3) is 0.462. The van der Waals surface area contributed by atoms with Crippen LogP contribution in [0.5, 0.6) is 0 Å². The highest BCUT2D eigenvalue weighted by molar-refractivity contribution is 7.89. The van der Waals surface area contributed by atoms with Gasteiger partial charge in [0.2, 0.25) is 10.0 Å². The molecule has 0 radical (unpaired) electrons. The molecule has 0 aliphatic rings. The molecule has 1 aromatic carbocycles. The third-order valence-electron chi connectivity index (χ3n) is 2.92. The van der Waals surface area contributed by atoms with Gasteiger partial charge in [0.15, 0.2) is 0 Å². The van der Waals surface area contributed by atoms with E-state index in [1.165, 1.54) is 18.2 Å². The number of carbonyl (C=O) groups excluding carboxylic acids is 1. The summed E-state index contributed by atoms with van der Waals surface area (Å²) in [6, 6.07) is 4.33. The third kappa shape index (κ3) is 3.78. The van der Waals surface area contributed by atoms with Crippen molar-refractivity contribution in [3.05, 3.63) is 29.3 Å². The summed E-state index contributed by atoms with van der Waals surface area (Å²) in [7, 11) is -3.73. The molecular weight excluding hydrogens is 264 g/mol. The summed E-state index contributed by atoms with van der Waals surface area (Å²) in [6.45, 7) is 6.95. The molecule has 0 aliphatic heterocycles.